The zero-order valence-electron chi connectivity index (χ0n) is 9.87. The molecular formula is C10H17N3O2. The summed E-state index contributed by atoms with van der Waals surface area (Å²) in [5.41, 5.74) is -0.437. The van der Waals surface area contributed by atoms with E-state index < -0.39 is 11.7 Å². The first-order valence-corrected chi connectivity index (χ1v) is 4.60. The molecule has 0 saturated carbocycles. The van der Waals surface area contributed by atoms with E-state index in [1.807, 2.05) is 6.07 Å². The largest absolute Gasteiger partial charge is 0.442 e. The zero-order chi connectivity index (χ0) is 12.1. The van der Waals surface area contributed by atoms with Crippen molar-refractivity contribution in [1.29, 1.82) is 5.26 Å². The Morgan fingerprint density at radius 3 is 2.33 bits per heavy atom. The van der Waals surface area contributed by atoms with Crippen molar-refractivity contribution in [1.82, 2.24) is 4.90 Å². The molecule has 0 heterocycles. The molecule has 0 fully saturated rings. The smallest absolute Gasteiger partial charge is 0.435 e. The van der Waals surface area contributed by atoms with E-state index in [4.69, 9.17) is 10.00 Å². The van der Waals surface area contributed by atoms with Gasteiger partial charge in [0.15, 0.2) is 0 Å². The van der Waals surface area contributed by atoms with Crippen LogP contribution in [0.1, 0.15) is 20.8 Å². The monoisotopic (exact) mass is 211 g/mol. The van der Waals surface area contributed by atoms with E-state index in [0.29, 0.717) is 6.54 Å². The molecule has 0 radical (unpaired) electrons. The zero-order valence-corrected chi connectivity index (χ0v) is 9.87. The second-order valence-electron chi connectivity index (χ2n) is 4.39. The van der Waals surface area contributed by atoms with Crippen LogP contribution in [0.2, 0.25) is 0 Å². The van der Waals surface area contributed by atoms with Crippen LogP contribution in [-0.2, 0) is 4.74 Å². The third-order valence-corrected chi connectivity index (χ3v) is 1.21. The predicted molar refractivity (Wildman–Crippen MR) is 57.8 cm³/mol. The van der Waals surface area contributed by atoms with Gasteiger partial charge in [-0.3, -0.25) is 0 Å². The van der Waals surface area contributed by atoms with Crippen LogP contribution in [0.3, 0.4) is 0 Å². The van der Waals surface area contributed by atoms with Gasteiger partial charge in [0, 0.05) is 0 Å². The van der Waals surface area contributed by atoms with E-state index >= 15 is 0 Å². The maximum absolute atomic E-state index is 11.2. The number of aliphatic imine (C=N–C) groups is 1. The fourth-order valence-electron chi connectivity index (χ4n) is 0.790. The van der Waals surface area contributed by atoms with Gasteiger partial charge in [0.05, 0.1) is 6.54 Å². The molecular weight excluding hydrogens is 194 g/mol. The lowest BCUT2D eigenvalue weighted by Gasteiger charge is -2.17. The van der Waals surface area contributed by atoms with Crippen molar-refractivity contribution in [3.05, 3.63) is 0 Å². The molecule has 0 aliphatic heterocycles. The topological polar surface area (TPSA) is 65.7 Å². The number of nitrogens with zero attached hydrogens (tertiary/aromatic N) is 3. The van der Waals surface area contributed by atoms with Gasteiger partial charge >= 0.3 is 6.09 Å². The van der Waals surface area contributed by atoms with E-state index in [2.05, 4.69) is 4.99 Å². The first kappa shape index (κ1) is 13.6. The van der Waals surface area contributed by atoms with Crippen molar-refractivity contribution in [2.24, 2.45) is 4.99 Å². The standard InChI is InChI=1S/C10H17N3O2/c1-10(2,3)15-9(14)12-8(6-11)7-13(4)5/h7H2,1-5H3. The predicted octanol–water partition coefficient (Wildman–Crippen LogP) is 1.45. The number of nitriles is 1. The van der Waals surface area contributed by atoms with Crippen LogP contribution in [-0.4, -0.2) is 42.9 Å². The molecule has 5 heteroatoms. The fraction of sp³-hybridized carbons (Fsp3) is 0.700. The summed E-state index contributed by atoms with van der Waals surface area (Å²) in [6, 6.07) is 1.86. The number of ether oxygens (including phenoxy) is 1. The lowest BCUT2D eigenvalue weighted by Crippen LogP contribution is -2.25. The first-order valence-electron chi connectivity index (χ1n) is 4.60. The second kappa shape index (κ2) is 5.47. The van der Waals surface area contributed by atoms with Crippen molar-refractivity contribution in [2.45, 2.75) is 26.4 Å². The molecule has 0 bridgehead atoms. The molecule has 1 amide bonds. The highest BCUT2D eigenvalue weighted by atomic mass is 16.6. The molecule has 84 valence electrons. The molecule has 0 aliphatic carbocycles. The summed E-state index contributed by atoms with van der Waals surface area (Å²) in [4.78, 5) is 16.6. The number of hydrogen-bond donors (Lipinski definition) is 0. The van der Waals surface area contributed by atoms with E-state index in [1.165, 1.54) is 0 Å². The molecule has 15 heavy (non-hydrogen) atoms. The number of carbonyl (C=O) groups is 1. The van der Waals surface area contributed by atoms with E-state index in [9.17, 15) is 4.79 Å². The van der Waals surface area contributed by atoms with Crippen molar-refractivity contribution < 1.29 is 9.53 Å². The average molecular weight is 211 g/mol. The van der Waals surface area contributed by atoms with Crippen LogP contribution < -0.4 is 0 Å². The van der Waals surface area contributed by atoms with Gasteiger partial charge in [-0.05, 0) is 34.9 Å². The van der Waals surface area contributed by atoms with E-state index in [-0.39, 0.29) is 5.71 Å². The van der Waals surface area contributed by atoms with Crippen molar-refractivity contribution in [2.75, 3.05) is 20.6 Å². The molecule has 0 spiro atoms. The highest BCUT2D eigenvalue weighted by Crippen LogP contribution is 2.07. The van der Waals surface area contributed by atoms with Crippen molar-refractivity contribution >= 4 is 11.8 Å². The van der Waals surface area contributed by atoms with E-state index in [0.717, 1.165) is 0 Å². The van der Waals surface area contributed by atoms with Gasteiger partial charge in [-0.25, -0.2) is 4.79 Å². The summed E-state index contributed by atoms with van der Waals surface area (Å²) in [6.45, 7) is 5.57. The average Bonchev–Trinajstić information content (AvgIpc) is 1.98. The molecule has 0 unspecified atom stereocenters. The molecule has 0 rings (SSSR count). The maximum atomic E-state index is 11.2. The Labute approximate surface area is 90.3 Å². The van der Waals surface area contributed by atoms with Gasteiger partial charge in [-0.2, -0.15) is 10.3 Å². The highest BCUT2D eigenvalue weighted by molar-refractivity contribution is 6.05. The van der Waals surface area contributed by atoms with Gasteiger partial charge in [0.1, 0.15) is 17.4 Å². The molecule has 0 aromatic heterocycles. The number of rotatable bonds is 2. The maximum Gasteiger partial charge on any atom is 0.435 e. The third kappa shape index (κ3) is 7.65. The Hall–Kier alpha value is -1.41. The molecule has 0 aliphatic rings. The SMILES string of the molecule is CN(C)CC(C#N)=NC(=O)OC(C)(C)C. The third-order valence-electron chi connectivity index (χ3n) is 1.21. The minimum atomic E-state index is -0.721. The number of carbonyl (C=O) groups excluding carboxylic acids is 1. The number of amides is 1. The van der Waals surface area contributed by atoms with E-state index in [1.54, 1.807) is 39.8 Å². The summed E-state index contributed by atoms with van der Waals surface area (Å²) in [5, 5.41) is 8.71. The molecule has 0 aromatic rings. The number of hydrogen-bond acceptors (Lipinski definition) is 4. The molecule has 0 aromatic carbocycles. The van der Waals surface area contributed by atoms with Crippen LogP contribution >= 0.6 is 0 Å². The minimum absolute atomic E-state index is 0.147. The second-order valence-corrected chi connectivity index (χ2v) is 4.39. The summed E-state index contributed by atoms with van der Waals surface area (Å²) >= 11 is 0. The van der Waals surface area contributed by atoms with Crippen LogP contribution in [0.15, 0.2) is 4.99 Å². The van der Waals surface area contributed by atoms with Gasteiger partial charge in [0.25, 0.3) is 0 Å². The molecule has 5 nitrogen and oxygen atoms in total. The summed E-state index contributed by atoms with van der Waals surface area (Å²) in [6.07, 6.45) is -0.721. The molecule has 0 atom stereocenters. The van der Waals surface area contributed by atoms with Gasteiger partial charge in [-0.15, -0.1) is 0 Å². The van der Waals surface area contributed by atoms with Gasteiger partial charge < -0.3 is 9.64 Å². The fourth-order valence-corrected chi connectivity index (χ4v) is 0.790. The first-order chi connectivity index (χ1) is 6.74. The van der Waals surface area contributed by atoms with Crippen LogP contribution in [0.25, 0.3) is 0 Å². The van der Waals surface area contributed by atoms with Crippen LogP contribution in [0, 0.1) is 11.3 Å². The Morgan fingerprint density at radius 1 is 1.47 bits per heavy atom. The molecule has 0 saturated heterocycles. The van der Waals surface area contributed by atoms with Gasteiger partial charge in [-0.1, -0.05) is 0 Å². The molecule has 0 N–H and O–H groups in total. The minimum Gasteiger partial charge on any atom is -0.442 e. The van der Waals surface area contributed by atoms with Gasteiger partial charge in [0.2, 0.25) is 0 Å². The quantitative estimate of drug-likeness (QED) is 0.648. The lowest BCUT2D eigenvalue weighted by atomic mass is 10.2. The summed E-state index contributed by atoms with van der Waals surface area (Å²) < 4.78 is 4.96. The summed E-state index contributed by atoms with van der Waals surface area (Å²) in [5.74, 6) is 0. The normalized spacial score (nSPS) is 12.5. The van der Waals surface area contributed by atoms with Crippen LogP contribution in [0.5, 0.6) is 0 Å². The Bertz CT molecular complexity index is 295. The lowest BCUT2D eigenvalue weighted by molar-refractivity contribution is 0.0604. The van der Waals surface area contributed by atoms with Crippen LogP contribution in [0.4, 0.5) is 4.79 Å². The highest BCUT2D eigenvalue weighted by Gasteiger charge is 2.16. The Kier molecular flexibility index (Phi) is 4.95. The summed E-state index contributed by atoms with van der Waals surface area (Å²) in [7, 11) is 3.59. The van der Waals surface area contributed by atoms with Crippen molar-refractivity contribution in [3.8, 4) is 6.07 Å². The Morgan fingerprint density at radius 2 is 2.00 bits per heavy atom. The van der Waals surface area contributed by atoms with Crippen molar-refractivity contribution in [3.63, 3.8) is 0 Å². The Balaban J connectivity index is 4.45.